The van der Waals surface area contributed by atoms with Crippen LogP contribution in [0.4, 0.5) is 68.2 Å². The van der Waals surface area contributed by atoms with Gasteiger partial charge in [-0.1, -0.05) is 262 Å². The van der Waals surface area contributed by atoms with Gasteiger partial charge in [-0.25, -0.2) is 0 Å². The summed E-state index contributed by atoms with van der Waals surface area (Å²) in [4.78, 5) is 12.3. The Morgan fingerprint density at radius 3 is 1.00 bits per heavy atom. The lowest BCUT2D eigenvalue weighted by Crippen LogP contribution is -2.60. The van der Waals surface area contributed by atoms with Crippen LogP contribution in [0.1, 0.15) is 209 Å². The van der Waals surface area contributed by atoms with Crippen molar-refractivity contribution in [2.75, 3.05) is 19.6 Å². The first-order valence-corrected chi connectivity index (χ1v) is 41.5. The van der Waals surface area contributed by atoms with Gasteiger partial charge in [-0.05, 0) is 197 Å². The molecule has 4 heterocycles. The van der Waals surface area contributed by atoms with Crippen molar-refractivity contribution in [2.45, 2.75) is 209 Å². The average Bonchev–Trinajstić information content (AvgIpc) is 1.69. The molecule has 0 saturated carbocycles. The largest absolute Gasteiger partial charge is 0.355 e. The molecule has 0 amide bonds. The van der Waals surface area contributed by atoms with Crippen LogP contribution in [0.5, 0.6) is 0 Å². The normalized spacial score (nSPS) is 13.3. The molecule has 12 rings (SSSR count). The molecule has 2 aliphatic heterocycles. The fourth-order valence-corrected chi connectivity index (χ4v) is 15.9. The maximum Gasteiger partial charge on any atom is 0.355 e. The predicted octanol–water partition coefficient (Wildman–Crippen LogP) is 28.5. The zero-order valence-corrected chi connectivity index (χ0v) is 73.7. The van der Waals surface area contributed by atoms with E-state index in [1.165, 1.54) is 70.2 Å². The SMILES string of the molecule is CC(C)(C)c1ccc(N(c2ccc(C(C)(C)C)cc2)c2cc(Cl)cc(N(c3ccc(C(C)(C)C)cc3)c3csc(C(C)(C)C)c3)c2)cc1.CC(C)(C)c1ccc(N2c3ccc(C(C)(C)C)cc3B3c4sc(C(C)(C)C)cc4N(c4ccc(C(C)(C)C)cc4)c4cc(Cl)cc2c43)cc1.IB(I)I. The van der Waals surface area contributed by atoms with Crippen molar-refractivity contribution in [1.29, 1.82) is 0 Å². The maximum atomic E-state index is 7.17. The maximum absolute atomic E-state index is 7.17. The molecule has 0 radical (unpaired) electrons. The summed E-state index contributed by atoms with van der Waals surface area (Å²) in [5.74, 6) is 0. The first-order valence-electron chi connectivity index (χ1n) is 35.4. The highest BCUT2D eigenvalue weighted by atomic mass is 127. The lowest BCUT2D eigenvalue weighted by atomic mass is 9.36. The Morgan fingerprint density at radius 1 is 0.327 bits per heavy atom. The highest BCUT2D eigenvalue weighted by Gasteiger charge is 2.46. The van der Waals surface area contributed by atoms with E-state index in [9.17, 15) is 0 Å². The molecular weight excluding hydrogens is 1650 g/mol. The summed E-state index contributed by atoms with van der Waals surface area (Å²) in [6, 6.07) is 68.0. The topological polar surface area (TPSA) is 13.0 Å². The van der Waals surface area contributed by atoms with E-state index in [-0.39, 0.29) is 50.0 Å². The van der Waals surface area contributed by atoms with Gasteiger partial charge in [-0.3, -0.25) is 0 Å². The van der Waals surface area contributed by atoms with E-state index in [4.69, 9.17) is 23.2 Å². The molecule has 0 aliphatic carbocycles. The van der Waals surface area contributed by atoms with Crippen LogP contribution >= 0.6 is 113 Å². The molecular formula is C88H103B2Cl2I3N4S2. The summed E-state index contributed by atoms with van der Waals surface area (Å²) >= 11 is 25.0. The van der Waals surface area contributed by atoms with Crippen molar-refractivity contribution in [1.82, 2.24) is 0 Å². The van der Waals surface area contributed by atoms with Gasteiger partial charge in [0.2, 0.25) is 0 Å². The van der Waals surface area contributed by atoms with Gasteiger partial charge in [-0.2, -0.15) is 11.3 Å². The summed E-state index contributed by atoms with van der Waals surface area (Å²) in [5, 5.41) is 3.70. The van der Waals surface area contributed by atoms with E-state index in [1.54, 1.807) is 0 Å². The Hall–Kier alpha value is -4.74. The number of nitrogens with zero attached hydrogens (tertiary/aromatic N) is 4. The molecule has 0 spiro atoms. The van der Waals surface area contributed by atoms with Crippen molar-refractivity contribution in [2.24, 2.45) is 0 Å². The lowest BCUT2D eigenvalue weighted by Gasteiger charge is -2.43. The highest BCUT2D eigenvalue weighted by molar-refractivity contribution is 14.4. The predicted molar refractivity (Wildman–Crippen MR) is 479 cm³/mol. The minimum atomic E-state index is 0.0155. The third-order valence-corrected chi connectivity index (χ3v) is 22.6. The summed E-state index contributed by atoms with van der Waals surface area (Å²) < 4.78 is 2.14. The number of hydrogen-bond donors (Lipinski definition) is 0. The van der Waals surface area contributed by atoms with Crippen LogP contribution in [-0.4, -0.2) is 6.99 Å². The summed E-state index contributed by atoms with van der Waals surface area (Å²) in [5.41, 5.74) is 24.6. The molecule has 10 aromatic rings. The average molecular weight is 1750 g/mol. The Kier molecular flexibility index (Phi) is 23.1. The lowest BCUT2D eigenvalue weighted by molar-refractivity contribution is 0.590. The summed E-state index contributed by atoms with van der Waals surface area (Å²) in [7, 11) is 0. The van der Waals surface area contributed by atoms with Crippen molar-refractivity contribution >= 4 is 204 Å². The smallest absolute Gasteiger partial charge is 0.311 e. The van der Waals surface area contributed by atoms with Gasteiger partial charge in [0.1, 0.15) is 0 Å². The summed E-state index contributed by atoms with van der Waals surface area (Å²) in [6.45, 7) is 54.8. The second kappa shape index (κ2) is 29.5. The van der Waals surface area contributed by atoms with E-state index < -0.39 is 0 Å². The van der Waals surface area contributed by atoms with E-state index in [1.807, 2.05) is 22.7 Å². The minimum absolute atomic E-state index is 0.0155. The Labute approximate surface area is 666 Å². The van der Waals surface area contributed by atoms with Gasteiger partial charge in [0.25, 0.3) is 6.71 Å². The number of fused-ring (bicyclic) bond motifs is 4. The number of anilines is 12. The van der Waals surface area contributed by atoms with Crippen LogP contribution in [0.2, 0.25) is 10.0 Å². The van der Waals surface area contributed by atoms with Crippen molar-refractivity contribution in [3.63, 3.8) is 0 Å². The van der Waals surface area contributed by atoms with Crippen LogP contribution in [0.3, 0.4) is 0 Å². The molecule has 2 aliphatic rings. The van der Waals surface area contributed by atoms with Crippen molar-refractivity contribution < 1.29 is 0 Å². The van der Waals surface area contributed by atoms with E-state index in [0.717, 1.165) is 62.2 Å². The Bertz CT molecular complexity index is 4500. The standard InChI is InChI=1S/C44H50BClN2S.C44H53ClN2S.BI3/c1-41(2,3)27-13-18-31(19-14-27)47-34-22-17-29(43(7,8)9)23-33(34)45-39-35(47)24-30(46)25-36(39)48(32-20-15-28(16-21-32)42(4,5)6)37-26-38(44(10,11)12)49-40(37)45;1-41(2,3)30-13-19-34(20-14-30)46(35-21-15-31(16-22-35)42(4,5)6)37-25-33(45)26-38(27-37)47(39-28-40(48-29-39)44(10,11)12)36-23-17-32(18-24-36)43(7,8)9;2-1(3)4/h13-26H,1-12H3;13-29H,1-12H3;. The summed E-state index contributed by atoms with van der Waals surface area (Å²) in [6.07, 6.45) is 0. The molecule has 0 bridgehead atoms. The molecule has 8 aromatic carbocycles. The quantitative estimate of drug-likeness (QED) is 0.111. The molecule has 0 fully saturated rings. The molecule has 0 atom stereocenters. The number of rotatable bonds is 8. The second-order valence-corrected chi connectivity index (χ2v) is 49.3. The first kappa shape index (κ1) is 78.8. The molecule has 13 heteroatoms. The second-order valence-electron chi connectivity index (χ2n) is 35.6. The van der Waals surface area contributed by atoms with Gasteiger partial charge >= 0.3 is 0.282 Å². The zero-order valence-electron chi connectivity index (χ0n) is 64.0. The van der Waals surface area contributed by atoms with Crippen LogP contribution < -0.4 is 35.3 Å². The number of hydrogen-bond acceptors (Lipinski definition) is 6. The van der Waals surface area contributed by atoms with Gasteiger partial charge in [0.15, 0.2) is 0 Å². The molecule has 101 heavy (non-hydrogen) atoms. The fraction of sp³-hybridized carbons (Fsp3) is 0.364. The fourth-order valence-electron chi connectivity index (χ4n) is 13.2. The van der Waals surface area contributed by atoms with Crippen LogP contribution in [0.15, 0.2) is 187 Å². The van der Waals surface area contributed by atoms with Crippen LogP contribution in [-0.2, 0) is 43.3 Å². The van der Waals surface area contributed by atoms with Crippen LogP contribution in [0, 0.1) is 0 Å². The van der Waals surface area contributed by atoms with Gasteiger partial charge in [0, 0.05) is 86.8 Å². The van der Waals surface area contributed by atoms with E-state index in [0.29, 0.717) is 5.02 Å². The molecule has 0 saturated heterocycles. The molecule has 0 N–H and O–H groups in total. The number of benzene rings is 8. The molecule has 2 aromatic heterocycles. The van der Waals surface area contributed by atoms with E-state index in [2.05, 4.69) is 440 Å². The Morgan fingerprint density at radius 2 is 0.653 bits per heavy atom. The number of thiophene rings is 2. The first-order chi connectivity index (χ1) is 46.7. The van der Waals surface area contributed by atoms with Gasteiger partial charge < -0.3 is 19.6 Å². The highest BCUT2D eigenvalue weighted by Crippen LogP contribution is 2.50. The third-order valence-electron chi connectivity index (χ3n) is 19.2. The van der Waals surface area contributed by atoms with Crippen molar-refractivity contribution in [3.05, 3.63) is 241 Å². The van der Waals surface area contributed by atoms with Gasteiger partial charge in [0.05, 0.1) is 11.4 Å². The molecule has 528 valence electrons. The number of halogens is 5. The molecule has 0 unspecified atom stereocenters. The van der Waals surface area contributed by atoms with Gasteiger partial charge in [-0.15, -0.1) is 78.5 Å². The van der Waals surface area contributed by atoms with Crippen LogP contribution in [0.25, 0.3) is 0 Å². The molecule has 4 nitrogen and oxygen atoms in total. The third kappa shape index (κ3) is 17.9. The zero-order chi connectivity index (χ0) is 74.2. The monoisotopic (exact) mass is 1750 g/mol. The van der Waals surface area contributed by atoms with Crippen molar-refractivity contribution in [3.8, 4) is 0 Å². The minimum Gasteiger partial charge on any atom is -0.311 e. The Balaban J connectivity index is 0.000000207. The van der Waals surface area contributed by atoms with E-state index >= 15 is 0 Å².